The van der Waals surface area contributed by atoms with Crippen molar-refractivity contribution in [3.63, 3.8) is 0 Å². The van der Waals surface area contributed by atoms with Crippen LogP contribution in [0.2, 0.25) is 0 Å². The summed E-state index contributed by atoms with van der Waals surface area (Å²) in [6.07, 6.45) is 4.35. The highest BCUT2D eigenvalue weighted by atomic mass is 16.2. The molecule has 7 nitrogen and oxygen atoms in total. The summed E-state index contributed by atoms with van der Waals surface area (Å²) in [5, 5.41) is 8.81. The van der Waals surface area contributed by atoms with Gasteiger partial charge >= 0.3 is 0 Å². The fourth-order valence-electron chi connectivity index (χ4n) is 4.20. The lowest BCUT2D eigenvalue weighted by atomic mass is 10.1. The van der Waals surface area contributed by atoms with Gasteiger partial charge in [0.2, 0.25) is 11.8 Å². The molecule has 1 fully saturated rings. The molecule has 0 atom stereocenters. The Kier molecular flexibility index (Phi) is 8.70. The minimum Gasteiger partial charge on any atom is -0.376 e. The third-order valence-corrected chi connectivity index (χ3v) is 6.14. The fraction of sp³-hybridized carbons (Fsp3) is 0.276. The van der Waals surface area contributed by atoms with Gasteiger partial charge in [-0.15, -0.1) is 0 Å². The summed E-state index contributed by atoms with van der Waals surface area (Å²) in [4.78, 5) is 39.2. The molecule has 0 saturated carbocycles. The molecule has 36 heavy (non-hydrogen) atoms. The standard InChI is InChI=1S/C29H32N4O3/c34-27(17-12-22-8-3-1-4-9-22)31-25-10-7-11-26(20-25)32-28(35)21-30-24-15-13-23(14-16-24)29(36)33-18-5-2-6-19-33/h1,3-4,7-11,13-16,20,30H,2,5-6,12,17-19,21H2,(H,31,34)(H,32,35). The molecule has 1 aliphatic heterocycles. The van der Waals surface area contributed by atoms with Gasteiger partial charge in [-0.2, -0.15) is 0 Å². The monoisotopic (exact) mass is 484 g/mol. The Morgan fingerprint density at radius 2 is 1.36 bits per heavy atom. The second-order valence-corrected chi connectivity index (χ2v) is 8.95. The maximum atomic E-state index is 12.6. The van der Waals surface area contributed by atoms with Crippen molar-refractivity contribution in [2.75, 3.05) is 35.6 Å². The van der Waals surface area contributed by atoms with Gasteiger partial charge in [-0.25, -0.2) is 0 Å². The van der Waals surface area contributed by atoms with E-state index >= 15 is 0 Å². The average Bonchev–Trinajstić information content (AvgIpc) is 2.92. The number of benzene rings is 3. The summed E-state index contributed by atoms with van der Waals surface area (Å²) >= 11 is 0. The Balaban J connectivity index is 1.22. The van der Waals surface area contributed by atoms with E-state index in [1.807, 2.05) is 47.4 Å². The molecule has 3 N–H and O–H groups in total. The third kappa shape index (κ3) is 7.43. The summed E-state index contributed by atoms with van der Waals surface area (Å²) < 4.78 is 0. The molecule has 0 radical (unpaired) electrons. The van der Waals surface area contributed by atoms with Crippen LogP contribution in [0.5, 0.6) is 0 Å². The van der Waals surface area contributed by atoms with Gasteiger partial charge in [-0.1, -0.05) is 36.4 Å². The number of rotatable bonds is 9. The van der Waals surface area contributed by atoms with Crippen molar-refractivity contribution in [1.29, 1.82) is 0 Å². The van der Waals surface area contributed by atoms with Crippen LogP contribution in [0.3, 0.4) is 0 Å². The van der Waals surface area contributed by atoms with Crippen LogP contribution in [-0.2, 0) is 16.0 Å². The van der Waals surface area contributed by atoms with Crippen LogP contribution in [0.4, 0.5) is 17.1 Å². The Bertz CT molecular complexity index is 1170. The molecule has 7 heteroatoms. The van der Waals surface area contributed by atoms with Gasteiger partial charge in [-0.05, 0) is 73.7 Å². The van der Waals surface area contributed by atoms with Gasteiger partial charge in [0.05, 0.1) is 6.54 Å². The van der Waals surface area contributed by atoms with Gasteiger partial charge in [-0.3, -0.25) is 14.4 Å². The Hall–Kier alpha value is -4.13. The lowest BCUT2D eigenvalue weighted by Crippen LogP contribution is -2.35. The van der Waals surface area contributed by atoms with Crippen molar-refractivity contribution in [3.05, 3.63) is 90.0 Å². The van der Waals surface area contributed by atoms with E-state index in [0.717, 1.165) is 37.2 Å². The molecule has 0 spiro atoms. The second kappa shape index (κ2) is 12.5. The first kappa shape index (κ1) is 25.0. The highest BCUT2D eigenvalue weighted by Gasteiger charge is 2.17. The van der Waals surface area contributed by atoms with Gasteiger partial charge in [0, 0.05) is 42.1 Å². The molecule has 3 amide bonds. The van der Waals surface area contributed by atoms with E-state index < -0.39 is 0 Å². The van der Waals surface area contributed by atoms with Crippen molar-refractivity contribution in [2.24, 2.45) is 0 Å². The van der Waals surface area contributed by atoms with E-state index in [9.17, 15) is 14.4 Å². The fourth-order valence-corrected chi connectivity index (χ4v) is 4.20. The molecular formula is C29H32N4O3. The largest absolute Gasteiger partial charge is 0.376 e. The minimum atomic E-state index is -0.212. The predicted molar refractivity (Wildman–Crippen MR) is 143 cm³/mol. The maximum absolute atomic E-state index is 12.6. The normalized spacial score (nSPS) is 13.1. The number of amides is 3. The lowest BCUT2D eigenvalue weighted by molar-refractivity contribution is -0.116. The topological polar surface area (TPSA) is 90.5 Å². The first-order valence-electron chi connectivity index (χ1n) is 12.4. The number of hydrogen-bond acceptors (Lipinski definition) is 4. The summed E-state index contributed by atoms with van der Waals surface area (Å²) in [7, 11) is 0. The van der Waals surface area contributed by atoms with Crippen molar-refractivity contribution >= 4 is 34.8 Å². The number of piperidine rings is 1. The summed E-state index contributed by atoms with van der Waals surface area (Å²) in [5.74, 6) is -0.228. The number of likely N-dealkylation sites (tertiary alicyclic amines) is 1. The van der Waals surface area contributed by atoms with Crippen LogP contribution in [0.1, 0.15) is 41.6 Å². The van der Waals surface area contributed by atoms with E-state index in [1.54, 1.807) is 36.4 Å². The maximum Gasteiger partial charge on any atom is 0.253 e. The molecule has 1 saturated heterocycles. The molecule has 0 unspecified atom stereocenters. The van der Waals surface area contributed by atoms with E-state index in [4.69, 9.17) is 0 Å². The lowest BCUT2D eigenvalue weighted by Gasteiger charge is -2.26. The Morgan fingerprint density at radius 3 is 2.06 bits per heavy atom. The molecule has 186 valence electrons. The smallest absolute Gasteiger partial charge is 0.253 e. The number of hydrogen-bond donors (Lipinski definition) is 3. The number of nitrogens with one attached hydrogen (secondary N) is 3. The van der Waals surface area contributed by atoms with Gasteiger partial charge < -0.3 is 20.9 Å². The number of nitrogens with zero attached hydrogens (tertiary/aromatic N) is 1. The first-order valence-corrected chi connectivity index (χ1v) is 12.4. The van der Waals surface area contributed by atoms with E-state index in [0.29, 0.717) is 29.8 Å². The minimum absolute atomic E-state index is 0.0611. The summed E-state index contributed by atoms with van der Waals surface area (Å²) in [6.45, 7) is 1.71. The zero-order chi connectivity index (χ0) is 25.2. The number of carbonyl (C=O) groups excluding carboxylic acids is 3. The van der Waals surface area contributed by atoms with Crippen molar-refractivity contribution in [2.45, 2.75) is 32.1 Å². The molecule has 1 aliphatic rings. The van der Waals surface area contributed by atoms with Crippen molar-refractivity contribution in [1.82, 2.24) is 4.90 Å². The van der Waals surface area contributed by atoms with Gasteiger partial charge in [0.1, 0.15) is 0 Å². The molecular weight excluding hydrogens is 452 g/mol. The zero-order valence-electron chi connectivity index (χ0n) is 20.3. The van der Waals surface area contributed by atoms with E-state index in [-0.39, 0.29) is 24.3 Å². The molecule has 1 heterocycles. The zero-order valence-corrected chi connectivity index (χ0v) is 20.3. The number of aryl methyl sites for hydroxylation is 1. The molecule has 0 aliphatic carbocycles. The highest BCUT2D eigenvalue weighted by Crippen LogP contribution is 2.17. The van der Waals surface area contributed by atoms with E-state index in [2.05, 4.69) is 16.0 Å². The Labute approximate surface area is 211 Å². The third-order valence-electron chi connectivity index (χ3n) is 6.14. The molecule has 4 rings (SSSR count). The molecule has 0 aromatic heterocycles. The Morgan fingerprint density at radius 1 is 0.694 bits per heavy atom. The first-order chi connectivity index (χ1) is 17.6. The average molecular weight is 485 g/mol. The van der Waals surface area contributed by atoms with Gasteiger partial charge in [0.15, 0.2) is 0 Å². The quantitative estimate of drug-likeness (QED) is 0.402. The van der Waals surface area contributed by atoms with Crippen LogP contribution in [0, 0.1) is 0 Å². The van der Waals surface area contributed by atoms with Crippen LogP contribution >= 0.6 is 0 Å². The molecule has 0 bridgehead atoms. The van der Waals surface area contributed by atoms with E-state index in [1.165, 1.54) is 6.42 Å². The predicted octanol–water partition coefficient (Wildman–Crippen LogP) is 4.93. The second-order valence-electron chi connectivity index (χ2n) is 8.95. The van der Waals surface area contributed by atoms with Crippen LogP contribution in [-0.4, -0.2) is 42.3 Å². The van der Waals surface area contributed by atoms with Crippen LogP contribution < -0.4 is 16.0 Å². The van der Waals surface area contributed by atoms with Crippen molar-refractivity contribution < 1.29 is 14.4 Å². The molecule has 3 aromatic carbocycles. The van der Waals surface area contributed by atoms with Crippen LogP contribution in [0.15, 0.2) is 78.9 Å². The highest BCUT2D eigenvalue weighted by molar-refractivity contribution is 5.96. The number of anilines is 3. The van der Waals surface area contributed by atoms with Crippen molar-refractivity contribution in [3.8, 4) is 0 Å². The SMILES string of the molecule is O=C(CCc1ccccc1)Nc1cccc(NC(=O)CNc2ccc(C(=O)N3CCCCC3)cc2)c1. The van der Waals surface area contributed by atoms with Crippen LogP contribution in [0.25, 0.3) is 0 Å². The number of carbonyl (C=O) groups is 3. The summed E-state index contributed by atoms with van der Waals surface area (Å²) in [5.41, 5.74) is 3.77. The summed E-state index contributed by atoms with van der Waals surface area (Å²) in [6, 6.07) is 24.2. The molecule has 3 aromatic rings. The van der Waals surface area contributed by atoms with Gasteiger partial charge in [0.25, 0.3) is 5.91 Å².